The van der Waals surface area contributed by atoms with Gasteiger partial charge in [0.2, 0.25) is 0 Å². The largest absolute Gasteiger partial charge is 0.464 e. The summed E-state index contributed by atoms with van der Waals surface area (Å²) in [7, 11) is 1.15. The van der Waals surface area contributed by atoms with E-state index in [2.05, 4.69) is 4.74 Å². The predicted octanol–water partition coefficient (Wildman–Crippen LogP) is 1.61. The molecule has 0 aliphatic rings. The minimum Gasteiger partial charge on any atom is -0.464 e. The molecule has 86 valence electrons. The van der Waals surface area contributed by atoms with E-state index in [0.29, 0.717) is 0 Å². The molecule has 0 N–H and O–H groups in total. The molecule has 16 heavy (non-hydrogen) atoms. The monoisotopic (exact) mass is 223 g/mol. The van der Waals surface area contributed by atoms with E-state index in [1.54, 1.807) is 31.2 Å². The first kappa shape index (κ1) is 12.2. The first-order valence-electron chi connectivity index (χ1n) is 4.84. The lowest BCUT2D eigenvalue weighted by molar-refractivity contribution is -0.513. The highest BCUT2D eigenvalue weighted by molar-refractivity contribution is 5.75. The molecule has 0 bridgehead atoms. The van der Waals surface area contributed by atoms with Crippen LogP contribution in [0.5, 0.6) is 0 Å². The molecule has 1 aromatic rings. The molecular formula is C11H13NO4. The van der Waals surface area contributed by atoms with Crippen LogP contribution in [-0.4, -0.2) is 24.0 Å². The number of nitrogens with zero attached hydrogens (tertiary/aromatic N) is 1. The Labute approximate surface area is 93.2 Å². The minimum absolute atomic E-state index is 0.511. The fraction of sp³-hybridized carbons (Fsp3) is 0.364. The Balaban J connectivity index is 2.96. The van der Waals surface area contributed by atoms with Crippen molar-refractivity contribution in [2.45, 2.75) is 18.9 Å². The van der Waals surface area contributed by atoms with Gasteiger partial charge in [0.15, 0.2) is 0 Å². The molecule has 5 nitrogen and oxygen atoms in total. The zero-order valence-electron chi connectivity index (χ0n) is 9.12. The summed E-state index contributed by atoms with van der Waals surface area (Å²) < 4.78 is 4.44. The van der Waals surface area contributed by atoms with E-state index in [1.807, 2.05) is 6.07 Å². The van der Waals surface area contributed by atoms with Crippen LogP contribution in [0.1, 0.15) is 18.4 Å². The second-order valence-corrected chi connectivity index (χ2v) is 3.45. The molecule has 0 saturated carbocycles. The van der Waals surface area contributed by atoms with Crippen LogP contribution in [-0.2, 0) is 9.53 Å². The average Bonchev–Trinajstić information content (AvgIpc) is 2.29. The number of benzene rings is 1. The fourth-order valence-corrected chi connectivity index (χ4v) is 1.53. The average molecular weight is 223 g/mol. The Bertz CT molecular complexity index is 377. The quantitative estimate of drug-likeness (QED) is 0.441. The number of carbonyl (C=O) groups is 1. The zero-order valence-corrected chi connectivity index (χ0v) is 9.12. The number of carbonyl (C=O) groups excluding carboxylic acids is 1. The van der Waals surface area contributed by atoms with Crippen molar-refractivity contribution >= 4 is 5.97 Å². The van der Waals surface area contributed by atoms with E-state index in [4.69, 9.17) is 0 Å². The molecule has 1 rings (SSSR count). The molecule has 0 saturated heterocycles. The van der Waals surface area contributed by atoms with Gasteiger partial charge in [-0.15, -0.1) is 0 Å². The van der Waals surface area contributed by atoms with Crippen molar-refractivity contribution in [2.75, 3.05) is 7.11 Å². The molecule has 0 amide bonds. The SMILES string of the molecule is COC(=O)C(C(C)c1ccccc1)[N+](=O)[O-]. The molecule has 0 spiro atoms. The van der Waals surface area contributed by atoms with E-state index in [-0.39, 0.29) is 0 Å². The molecule has 0 radical (unpaired) electrons. The molecular weight excluding hydrogens is 210 g/mol. The van der Waals surface area contributed by atoms with Crippen molar-refractivity contribution in [2.24, 2.45) is 0 Å². The maximum absolute atomic E-state index is 11.3. The third-order valence-corrected chi connectivity index (χ3v) is 2.47. The van der Waals surface area contributed by atoms with Crippen LogP contribution in [0.15, 0.2) is 30.3 Å². The first-order valence-corrected chi connectivity index (χ1v) is 4.84. The second kappa shape index (κ2) is 5.25. The van der Waals surface area contributed by atoms with Gasteiger partial charge in [-0.25, -0.2) is 4.79 Å². The predicted molar refractivity (Wildman–Crippen MR) is 57.7 cm³/mol. The first-order chi connectivity index (χ1) is 7.57. The van der Waals surface area contributed by atoms with Gasteiger partial charge in [-0.2, -0.15) is 0 Å². The molecule has 0 heterocycles. The number of hydrogen-bond acceptors (Lipinski definition) is 4. The van der Waals surface area contributed by atoms with Gasteiger partial charge < -0.3 is 4.74 Å². The van der Waals surface area contributed by atoms with Crippen molar-refractivity contribution in [1.29, 1.82) is 0 Å². The van der Waals surface area contributed by atoms with Gasteiger partial charge in [-0.05, 0) is 5.56 Å². The normalized spacial score (nSPS) is 13.9. The molecule has 0 aliphatic carbocycles. The van der Waals surface area contributed by atoms with E-state index in [0.717, 1.165) is 12.7 Å². The van der Waals surface area contributed by atoms with Crippen LogP contribution in [0, 0.1) is 10.1 Å². The standard InChI is InChI=1S/C11H13NO4/c1-8(9-6-4-3-5-7-9)10(12(14)15)11(13)16-2/h3-8,10H,1-2H3. The van der Waals surface area contributed by atoms with Crippen molar-refractivity contribution < 1.29 is 14.5 Å². The summed E-state index contributed by atoms with van der Waals surface area (Å²) in [6.07, 6.45) is 0. The number of esters is 1. The Hall–Kier alpha value is -1.91. The number of nitro groups is 1. The third-order valence-electron chi connectivity index (χ3n) is 2.47. The van der Waals surface area contributed by atoms with E-state index in [1.165, 1.54) is 0 Å². The Morgan fingerprint density at radius 3 is 2.38 bits per heavy atom. The Kier molecular flexibility index (Phi) is 3.99. The molecule has 5 heteroatoms. The number of methoxy groups -OCH3 is 1. The summed E-state index contributed by atoms with van der Waals surface area (Å²) in [5.41, 5.74) is 0.745. The highest BCUT2D eigenvalue weighted by Crippen LogP contribution is 2.21. The van der Waals surface area contributed by atoms with Crippen LogP contribution < -0.4 is 0 Å². The van der Waals surface area contributed by atoms with Crippen molar-refractivity contribution in [3.8, 4) is 0 Å². The van der Waals surface area contributed by atoms with Crippen LogP contribution in [0.4, 0.5) is 0 Å². The Morgan fingerprint density at radius 1 is 1.38 bits per heavy atom. The van der Waals surface area contributed by atoms with E-state index in [9.17, 15) is 14.9 Å². The zero-order chi connectivity index (χ0) is 12.1. The molecule has 2 unspecified atom stereocenters. The van der Waals surface area contributed by atoms with Gasteiger partial charge >= 0.3 is 12.0 Å². The summed E-state index contributed by atoms with van der Waals surface area (Å²) in [5.74, 6) is -1.33. The molecule has 1 aromatic carbocycles. The Morgan fingerprint density at radius 2 is 1.94 bits per heavy atom. The summed E-state index contributed by atoms with van der Waals surface area (Å²) in [4.78, 5) is 21.5. The summed E-state index contributed by atoms with van der Waals surface area (Å²) in [6, 6.07) is 7.52. The van der Waals surface area contributed by atoms with Crippen molar-refractivity contribution in [3.05, 3.63) is 46.0 Å². The van der Waals surface area contributed by atoms with Gasteiger partial charge in [-0.3, -0.25) is 10.1 Å². The van der Waals surface area contributed by atoms with Crippen molar-refractivity contribution in [1.82, 2.24) is 0 Å². The number of hydrogen-bond donors (Lipinski definition) is 0. The molecule has 0 aliphatic heterocycles. The molecule has 0 fully saturated rings. The van der Waals surface area contributed by atoms with Crippen LogP contribution >= 0.6 is 0 Å². The molecule has 2 atom stereocenters. The van der Waals surface area contributed by atoms with E-state index < -0.39 is 22.9 Å². The molecule has 0 aromatic heterocycles. The third kappa shape index (κ3) is 2.56. The van der Waals surface area contributed by atoms with Gasteiger partial charge in [-0.1, -0.05) is 37.3 Å². The van der Waals surface area contributed by atoms with Gasteiger partial charge in [0.25, 0.3) is 0 Å². The number of rotatable bonds is 4. The second-order valence-electron chi connectivity index (χ2n) is 3.45. The smallest absolute Gasteiger partial charge is 0.382 e. The maximum Gasteiger partial charge on any atom is 0.382 e. The van der Waals surface area contributed by atoms with Gasteiger partial charge in [0, 0.05) is 4.92 Å². The summed E-state index contributed by atoms with van der Waals surface area (Å²) in [5, 5.41) is 10.8. The van der Waals surface area contributed by atoms with Crippen LogP contribution in [0.3, 0.4) is 0 Å². The van der Waals surface area contributed by atoms with Crippen LogP contribution in [0.25, 0.3) is 0 Å². The summed E-state index contributed by atoms with van der Waals surface area (Å²) >= 11 is 0. The van der Waals surface area contributed by atoms with Gasteiger partial charge in [0.1, 0.15) is 0 Å². The lowest BCUT2D eigenvalue weighted by Crippen LogP contribution is -2.35. The summed E-state index contributed by atoms with van der Waals surface area (Å²) in [6.45, 7) is 1.64. The topological polar surface area (TPSA) is 69.4 Å². The highest BCUT2D eigenvalue weighted by Gasteiger charge is 2.37. The van der Waals surface area contributed by atoms with Gasteiger partial charge in [0.05, 0.1) is 13.0 Å². The maximum atomic E-state index is 11.3. The highest BCUT2D eigenvalue weighted by atomic mass is 16.6. The fourth-order valence-electron chi connectivity index (χ4n) is 1.53. The number of ether oxygens (including phenoxy) is 1. The minimum atomic E-state index is -1.35. The van der Waals surface area contributed by atoms with E-state index >= 15 is 0 Å². The van der Waals surface area contributed by atoms with Crippen molar-refractivity contribution in [3.63, 3.8) is 0 Å². The van der Waals surface area contributed by atoms with Crippen LogP contribution in [0.2, 0.25) is 0 Å². The lowest BCUT2D eigenvalue weighted by Gasteiger charge is -2.14. The lowest BCUT2D eigenvalue weighted by atomic mass is 9.94.